The lowest BCUT2D eigenvalue weighted by molar-refractivity contribution is 0.0799. The first-order chi connectivity index (χ1) is 6.65. The first-order valence-corrected chi connectivity index (χ1v) is 5.55. The summed E-state index contributed by atoms with van der Waals surface area (Å²) in [6, 6.07) is 3.48. The van der Waals surface area contributed by atoms with Crippen LogP contribution in [0, 0.1) is 0 Å². The molecule has 0 aliphatic carbocycles. The molecule has 0 saturated carbocycles. The number of thiophene rings is 1. The highest BCUT2D eigenvalue weighted by Crippen LogP contribution is 2.22. The molecule has 2 N–H and O–H groups in total. The van der Waals surface area contributed by atoms with Crippen LogP contribution in [0.1, 0.15) is 16.1 Å². The van der Waals surface area contributed by atoms with Crippen molar-refractivity contribution in [3.8, 4) is 0 Å². The van der Waals surface area contributed by atoms with Crippen molar-refractivity contribution in [1.82, 2.24) is 4.90 Å². The first-order valence-electron chi connectivity index (χ1n) is 4.36. The largest absolute Gasteiger partial charge is 0.341 e. The second-order valence-electron chi connectivity index (χ2n) is 2.97. The van der Waals surface area contributed by atoms with Crippen LogP contribution in [0.3, 0.4) is 0 Å². The molecule has 3 nitrogen and oxygen atoms in total. The van der Waals surface area contributed by atoms with Crippen LogP contribution < -0.4 is 5.73 Å². The molecule has 1 aromatic heterocycles. The van der Waals surface area contributed by atoms with Crippen molar-refractivity contribution >= 4 is 28.8 Å². The molecule has 1 rings (SSSR count). The van der Waals surface area contributed by atoms with Crippen molar-refractivity contribution in [2.45, 2.75) is 6.42 Å². The SMILES string of the molecule is CN(CCCN)C(=O)c1ccc(Cl)s1. The van der Waals surface area contributed by atoms with Gasteiger partial charge in [0.15, 0.2) is 0 Å². The number of amides is 1. The molecule has 0 bridgehead atoms. The van der Waals surface area contributed by atoms with E-state index in [9.17, 15) is 4.79 Å². The minimum absolute atomic E-state index is 0.00958. The molecule has 0 aliphatic heterocycles. The molecule has 0 spiro atoms. The van der Waals surface area contributed by atoms with Crippen LogP contribution >= 0.6 is 22.9 Å². The van der Waals surface area contributed by atoms with Crippen LogP contribution in [0.4, 0.5) is 0 Å². The Morgan fingerprint density at radius 2 is 2.36 bits per heavy atom. The van der Waals surface area contributed by atoms with Gasteiger partial charge in [-0.15, -0.1) is 11.3 Å². The van der Waals surface area contributed by atoms with Gasteiger partial charge >= 0.3 is 0 Å². The molecule has 0 fully saturated rings. The minimum atomic E-state index is 0.00958. The Labute approximate surface area is 92.5 Å². The van der Waals surface area contributed by atoms with Crippen LogP contribution in [-0.2, 0) is 0 Å². The Hall–Kier alpha value is -0.580. The second kappa shape index (κ2) is 5.34. The quantitative estimate of drug-likeness (QED) is 0.861. The maximum absolute atomic E-state index is 11.7. The predicted octanol–water partition coefficient (Wildman–Crippen LogP) is 1.82. The fourth-order valence-corrected chi connectivity index (χ4v) is 2.09. The van der Waals surface area contributed by atoms with Crippen LogP contribution in [0.15, 0.2) is 12.1 Å². The van der Waals surface area contributed by atoms with Gasteiger partial charge in [-0.2, -0.15) is 0 Å². The number of hydrogen-bond acceptors (Lipinski definition) is 3. The zero-order chi connectivity index (χ0) is 10.6. The maximum atomic E-state index is 11.7. The molecule has 14 heavy (non-hydrogen) atoms. The molecule has 0 unspecified atom stereocenters. The highest BCUT2D eigenvalue weighted by Gasteiger charge is 2.12. The fraction of sp³-hybridized carbons (Fsp3) is 0.444. The zero-order valence-corrected chi connectivity index (χ0v) is 9.57. The summed E-state index contributed by atoms with van der Waals surface area (Å²) < 4.78 is 0.639. The van der Waals surface area contributed by atoms with Crippen molar-refractivity contribution in [3.63, 3.8) is 0 Å². The number of nitrogens with two attached hydrogens (primary N) is 1. The summed E-state index contributed by atoms with van der Waals surface area (Å²) in [6.45, 7) is 1.29. The topological polar surface area (TPSA) is 46.3 Å². The number of nitrogens with zero attached hydrogens (tertiary/aromatic N) is 1. The van der Waals surface area contributed by atoms with E-state index in [1.165, 1.54) is 11.3 Å². The summed E-state index contributed by atoms with van der Waals surface area (Å²) in [5.41, 5.74) is 5.36. The van der Waals surface area contributed by atoms with E-state index >= 15 is 0 Å². The number of halogens is 1. The lowest BCUT2D eigenvalue weighted by Crippen LogP contribution is -2.28. The molecule has 1 amide bonds. The lowest BCUT2D eigenvalue weighted by atomic mass is 10.3. The van der Waals surface area contributed by atoms with Crippen LogP contribution in [0.2, 0.25) is 4.34 Å². The monoisotopic (exact) mass is 232 g/mol. The Bertz CT molecular complexity index is 314. The molecular weight excluding hydrogens is 220 g/mol. The predicted molar refractivity (Wildman–Crippen MR) is 60.0 cm³/mol. The summed E-state index contributed by atoms with van der Waals surface area (Å²) >= 11 is 7.04. The highest BCUT2D eigenvalue weighted by molar-refractivity contribution is 7.17. The molecule has 0 aliphatic rings. The van der Waals surface area contributed by atoms with E-state index in [1.54, 1.807) is 24.1 Å². The molecular formula is C9H13ClN2OS. The van der Waals surface area contributed by atoms with E-state index in [0.717, 1.165) is 6.42 Å². The van der Waals surface area contributed by atoms with Gasteiger partial charge in [0.1, 0.15) is 0 Å². The number of rotatable bonds is 4. The van der Waals surface area contributed by atoms with Gasteiger partial charge in [0, 0.05) is 13.6 Å². The van der Waals surface area contributed by atoms with Crippen LogP contribution in [-0.4, -0.2) is 30.9 Å². The minimum Gasteiger partial charge on any atom is -0.341 e. The van der Waals surface area contributed by atoms with E-state index in [1.807, 2.05) is 0 Å². The highest BCUT2D eigenvalue weighted by atomic mass is 35.5. The van der Waals surface area contributed by atoms with Gasteiger partial charge in [0.05, 0.1) is 9.21 Å². The molecule has 0 saturated heterocycles. The van der Waals surface area contributed by atoms with E-state index in [0.29, 0.717) is 22.3 Å². The Balaban J connectivity index is 2.56. The van der Waals surface area contributed by atoms with Gasteiger partial charge in [0.2, 0.25) is 0 Å². The van der Waals surface area contributed by atoms with Gasteiger partial charge < -0.3 is 10.6 Å². The summed E-state index contributed by atoms with van der Waals surface area (Å²) in [5.74, 6) is 0.00958. The fourth-order valence-electron chi connectivity index (χ4n) is 1.05. The van der Waals surface area contributed by atoms with Crippen molar-refractivity contribution in [1.29, 1.82) is 0 Å². The summed E-state index contributed by atoms with van der Waals surface area (Å²) in [5, 5.41) is 0. The molecule has 1 heterocycles. The standard InChI is InChI=1S/C9H13ClN2OS/c1-12(6-2-5-11)9(13)7-3-4-8(10)14-7/h3-4H,2,5-6,11H2,1H3. The zero-order valence-electron chi connectivity index (χ0n) is 8.00. The molecule has 5 heteroatoms. The normalized spacial score (nSPS) is 10.2. The van der Waals surface area contributed by atoms with Crippen molar-refractivity contribution < 1.29 is 4.79 Å². The van der Waals surface area contributed by atoms with Crippen molar-refractivity contribution in [2.24, 2.45) is 5.73 Å². The molecule has 78 valence electrons. The van der Waals surface area contributed by atoms with Gasteiger partial charge in [0.25, 0.3) is 5.91 Å². The Morgan fingerprint density at radius 3 is 2.86 bits per heavy atom. The van der Waals surface area contributed by atoms with Gasteiger partial charge in [-0.1, -0.05) is 11.6 Å². The third kappa shape index (κ3) is 2.97. The molecule has 0 radical (unpaired) electrons. The van der Waals surface area contributed by atoms with E-state index < -0.39 is 0 Å². The molecule has 1 aromatic rings. The lowest BCUT2D eigenvalue weighted by Gasteiger charge is -2.15. The first kappa shape index (κ1) is 11.5. The van der Waals surface area contributed by atoms with Crippen molar-refractivity contribution in [2.75, 3.05) is 20.1 Å². The Morgan fingerprint density at radius 1 is 1.64 bits per heavy atom. The van der Waals surface area contributed by atoms with Crippen LogP contribution in [0.25, 0.3) is 0 Å². The van der Waals surface area contributed by atoms with Gasteiger partial charge in [-0.05, 0) is 25.1 Å². The van der Waals surface area contributed by atoms with E-state index in [2.05, 4.69) is 0 Å². The number of hydrogen-bond donors (Lipinski definition) is 1. The van der Waals surface area contributed by atoms with Crippen LogP contribution in [0.5, 0.6) is 0 Å². The third-order valence-electron chi connectivity index (χ3n) is 1.83. The average molecular weight is 233 g/mol. The molecule has 0 aromatic carbocycles. The van der Waals surface area contributed by atoms with E-state index in [4.69, 9.17) is 17.3 Å². The molecule has 0 atom stereocenters. The third-order valence-corrected chi connectivity index (χ3v) is 3.05. The van der Waals surface area contributed by atoms with Crippen molar-refractivity contribution in [3.05, 3.63) is 21.3 Å². The maximum Gasteiger partial charge on any atom is 0.263 e. The smallest absolute Gasteiger partial charge is 0.263 e. The van der Waals surface area contributed by atoms with Gasteiger partial charge in [-0.25, -0.2) is 0 Å². The number of carbonyl (C=O) groups is 1. The van der Waals surface area contributed by atoms with Gasteiger partial charge in [-0.3, -0.25) is 4.79 Å². The summed E-state index contributed by atoms with van der Waals surface area (Å²) in [4.78, 5) is 14.0. The van der Waals surface area contributed by atoms with E-state index in [-0.39, 0.29) is 5.91 Å². The number of carbonyl (C=O) groups excluding carboxylic acids is 1. The summed E-state index contributed by atoms with van der Waals surface area (Å²) in [7, 11) is 1.77. The second-order valence-corrected chi connectivity index (χ2v) is 4.69. The average Bonchev–Trinajstić information content (AvgIpc) is 2.60. The summed E-state index contributed by atoms with van der Waals surface area (Å²) in [6.07, 6.45) is 0.821. The Kier molecular flexibility index (Phi) is 4.38.